The average molecular weight is 420 g/mol. The van der Waals surface area contributed by atoms with Crippen LogP contribution in [0.25, 0.3) is 11.3 Å². The second-order valence-electron chi connectivity index (χ2n) is 7.81. The molecule has 5 N–H and O–H groups in total. The van der Waals surface area contributed by atoms with Gasteiger partial charge in [0.2, 0.25) is 0 Å². The molecule has 3 heterocycles. The normalized spacial score (nSPS) is 16.2. The molecular weight excluding hydrogens is 395 g/mol. The zero-order valence-electron chi connectivity index (χ0n) is 17.3. The highest BCUT2D eigenvalue weighted by Gasteiger charge is 2.21. The van der Waals surface area contributed by atoms with Gasteiger partial charge in [-0.05, 0) is 50.1 Å². The molecule has 0 radical (unpaired) electrons. The molecule has 4 rings (SSSR count). The highest BCUT2D eigenvalue weighted by atomic mass is 19.1. The summed E-state index contributed by atoms with van der Waals surface area (Å²) in [5.41, 5.74) is 15.3. The number of nitrogens with two attached hydrogens (primary N) is 2. The van der Waals surface area contributed by atoms with E-state index in [2.05, 4.69) is 20.2 Å². The summed E-state index contributed by atoms with van der Waals surface area (Å²) in [7, 11) is 0. The number of carbonyl (C=O) groups excluding carboxylic acids is 1. The number of halogens is 1. The third-order valence-corrected chi connectivity index (χ3v) is 5.38. The van der Waals surface area contributed by atoms with E-state index < -0.39 is 11.7 Å². The van der Waals surface area contributed by atoms with Crippen molar-refractivity contribution in [2.75, 3.05) is 29.0 Å². The Labute approximate surface area is 180 Å². The van der Waals surface area contributed by atoms with E-state index in [1.807, 2.05) is 13.0 Å². The molecule has 0 spiro atoms. The van der Waals surface area contributed by atoms with Gasteiger partial charge in [0.05, 0.1) is 29.0 Å². The van der Waals surface area contributed by atoms with E-state index in [0.29, 0.717) is 23.5 Å². The van der Waals surface area contributed by atoms with Crippen molar-refractivity contribution in [3.8, 4) is 11.3 Å². The summed E-state index contributed by atoms with van der Waals surface area (Å²) in [6, 6.07) is 9.86. The van der Waals surface area contributed by atoms with Crippen LogP contribution in [-0.4, -0.2) is 35.0 Å². The molecule has 3 aromatic rings. The van der Waals surface area contributed by atoms with Gasteiger partial charge >= 0.3 is 0 Å². The van der Waals surface area contributed by atoms with E-state index in [9.17, 15) is 9.18 Å². The molecule has 1 atom stereocenters. The highest BCUT2D eigenvalue weighted by Crippen LogP contribution is 2.29. The van der Waals surface area contributed by atoms with Crippen LogP contribution in [0.1, 0.15) is 28.9 Å². The molecule has 8 heteroatoms. The molecule has 1 amide bonds. The lowest BCUT2D eigenvalue weighted by Crippen LogP contribution is -2.43. The van der Waals surface area contributed by atoms with Gasteiger partial charge in [-0.2, -0.15) is 0 Å². The van der Waals surface area contributed by atoms with Gasteiger partial charge in [0.1, 0.15) is 5.82 Å². The minimum absolute atomic E-state index is 0.0311. The molecule has 1 aliphatic rings. The number of aryl methyl sites for hydroxylation is 1. The maximum Gasteiger partial charge on any atom is 0.276 e. The summed E-state index contributed by atoms with van der Waals surface area (Å²) in [6.45, 7) is 3.42. The smallest absolute Gasteiger partial charge is 0.276 e. The standard InChI is InChI=1S/C23H25FN6O/c1-14-4-5-17(24)16(11-14)19-7-6-18(26)22(28-19)23(31)29-20-12-27-9-8-21(20)30-10-2-3-15(25)13-30/h4-9,11-12,15H,2-3,10,13,25-26H2,1H3,(H,29,31)/t15-/m0/s1. The number of nitrogens with zero attached hydrogens (tertiary/aromatic N) is 3. The van der Waals surface area contributed by atoms with Crippen LogP contribution in [0.3, 0.4) is 0 Å². The zero-order chi connectivity index (χ0) is 22.0. The van der Waals surface area contributed by atoms with Crippen LogP contribution in [0.4, 0.5) is 21.5 Å². The first kappa shape index (κ1) is 20.7. The maximum atomic E-state index is 14.3. The molecule has 1 saturated heterocycles. The van der Waals surface area contributed by atoms with Crippen LogP contribution in [0.5, 0.6) is 0 Å². The molecule has 160 valence electrons. The van der Waals surface area contributed by atoms with Crippen molar-refractivity contribution < 1.29 is 9.18 Å². The fraction of sp³-hybridized carbons (Fsp3) is 0.261. The van der Waals surface area contributed by atoms with Gasteiger partial charge in [0, 0.05) is 30.9 Å². The van der Waals surface area contributed by atoms with Crippen LogP contribution < -0.4 is 21.7 Å². The summed E-state index contributed by atoms with van der Waals surface area (Å²) < 4.78 is 14.3. The number of aromatic nitrogens is 2. The number of carbonyl (C=O) groups is 1. The molecule has 0 aliphatic carbocycles. The largest absolute Gasteiger partial charge is 0.397 e. The number of pyridine rings is 2. The van der Waals surface area contributed by atoms with Crippen LogP contribution >= 0.6 is 0 Å². The molecule has 2 aromatic heterocycles. The van der Waals surface area contributed by atoms with Crippen molar-refractivity contribution in [1.29, 1.82) is 0 Å². The predicted molar refractivity (Wildman–Crippen MR) is 120 cm³/mol. The summed E-state index contributed by atoms with van der Waals surface area (Å²) in [5.74, 6) is -0.895. The minimum atomic E-state index is -0.483. The Kier molecular flexibility index (Phi) is 5.81. The Morgan fingerprint density at radius 1 is 1.26 bits per heavy atom. The van der Waals surface area contributed by atoms with E-state index in [4.69, 9.17) is 11.5 Å². The highest BCUT2D eigenvalue weighted by molar-refractivity contribution is 6.07. The molecule has 0 unspecified atom stereocenters. The lowest BCUT2D eigenvalue weighted by molar-refractivity contribution is 0.102. The third kappa shape index (κ3) is 4.49. The minimum Gasteiger partial charge on any atom is -0.397 e. The Bertz CT molecular complexity index is 1120. The number of hydrogen-bond acceptors (Lipinski definition) is 6. The average Bonchev–Trinajstić information content (AvgIpc) is 2.76. The van der Waals surface area contributed by atoms with Crippen LogP contribution in [-0.2, 0) is 0 Å². The third-order valence-electron chi connectivity index (χ3n) is 5.38. The fourth-order valence-corrected chi connectivity index (χ4v) is 3.81. The summed E-state index contributed by atoms with van der Waals surface area (Å²) >= 11 is 0. The van der Waals surface area contributed by atoms with Gasteiger partial charge in [-0.1, -0.05) is 11.6 Å². The van der Waals surface area contributed by atoms with Crippen molar-refractivity contribution in [2.45, 2.75) is 25.8 Å². The number of nitrogens with one attached hydrogen (secondary N) is 1. The monoisotopic (exact) mass is 420 g/mol. The number of amides is 1. The van der Waals surface area contributed by atoms with Crippen molar-refractivity contribution in [1.82, 2.24) is 9.97 Å². The number of hydrogen-bond donors (Lipinski definition) is 3. The van der Waals surface area contributed by atoms with Gasteiger partial charge in [0.25, 0.3) is 5.91 Å². The lowest BCUT2D eigenvalue weighted by atomic mass is 10.1. The number of anilines is 3. The molecule has 1 aliphatic heterocycles. The van der Waals surface area contributed by atoms with E-state index >= 15 is 0 Å². The first-order valence-electron chi connectivity index (χ1n) is 10.2. The number of nitrogen functional groups attached to an aromatic ring is 1. The molecule has 1 fully saturated rings. The van der Waals surface area contributed by atoms with Crippen molar-refractivity contribution in [3.05, 3.63) is 65.9 Å². The summed E-state index contributed by atoms with van der Waals surface area (Å²) in [5, 5.41) is 2.86. The Balaban J connectivity index is 1.63. The number of piperidine rings is 1. The van der Waals surface area contributed by atoms with E-state index in [-0.39, 0.29) is 17.4 Å². The first-order chi connectivity index (χ1) is 14.9. The second kappa shape index (κ2) is 8.69. The number of benzene rings is 1. The second-order valence-corrected chi connectivity index (χ2v) is 7.81. The van der Waals surface area contributed by atoms with Gasteiger partial charge in [0.15, 0.2) is 5.69 Å². The first-order valence-corrected chi connectivity index (χ1v) is 10.2. The van der Waals surface area contributed by atoms with Gasteiger partial charge in [-0.25, -0.2) is 9.37 Å². The summed E-state index contributed by atoms with van der Waals surface area (Å²) in [6.07, 6.45) is 5.23. The lowest BCUT2D eigenvalue weighted by Gasteiger charge is -2.33. The molecule has 31 heavy (non-hydrogen) atoms. The molecule has 0 bridgehead atoms. The number of rotatable bonds is 4. The predicted octanol–water partition coefficient (Wildman–Crippen LogP) is 3.35. The topological polar surface area (TPSA) is 110 Å². The zero-order valence-corrected chi connectivity index (χ0v) is 17.3. The van der Waals surface area contributed by atoms with Crippen molar-refractivity contribution in [3.63, 3.8) is 0 Å². The van der Waals surface area contributed by atoms with Crippen molar-refractivity contribution in [2.24, 2.45) is 5.73 Å². The Hall–Kier alpha value is -3.52. The maximum absolute atomic E-state index is 14.3. The van der Waals surface area contributed by atoms with Crippen LogP contribution in [0.2, 0.25) is 0 Å². The van der Waals surface area contributed by atoms with Crippen LogP contribution in [0, 0.1) is 12.7 Å². The van der Waals surface area contributed by atoms with Gasteiger partial charge < -0.3 is 21.7 Å². The fourth-order valence-electron chi connectivity index (χ4n) is 3.81. The molecule has 1 aromatic carbocycles. The van der Waals surface area contributed by atoms with Crippen LogP contribution in [0.15, 0.2) is 48.8 Å². The van der Waals surface area contributed by atoms with E-state index in [1.165, 1.54) is 6.07 Å². The van der Waals surface area contributed by atoms with Gasteiger partial charge in [-0.15, -0.1) is 0 Å². The van der Waals surface area contributed by atoms with E-state index in [1.54, 1.807) is 36.7 Å². The molecular formula is C23H25FN6O. The van der Waals surface area contributed by atoms with Crippen molar-refractivity contribution >= 4 is 23.0 Å². The Morgan fingerprint density at radius 3 is 2.90 bits per heavy atom. The molecule has 0 saturated carbocycles. The van der Waals surface area contributed by atoms with Gasteiger partial charge in [-0.3, -0.25) is 9.78 Å². The Morgan fingerprint density at radius 2 is 2.10 bits per heavy atom. The van der Waals surface area contributed by atoms with E-state index in [0.717, 1.165) is 30.6 Å². The summed E-state index contributed by atoms with van der Waals surface area (Å²) in [4.78, 5) is 23.7. The quantitative estimate of drug-likeness (QED) is 0.597. The molecule has 7 nitrogen and oxygen atoms in total. The SMILES string of the molecule is Cc1ccc(F)c(-c2ccc(N)c(C(=O)Nc3cnccc3N3CCC[C@H](N)C3)n2)c1.